The van der Waals surface area contributed by atoms with Crippen molar-refractivity contribution in [1.29, 1.82) is 0 Å². The number of piperazine rings is 1. The lowest BCUT2D eigenvalue weighted by Gasteiger charge is -2.35. The van der Waals surface area contributed by atoms with Crippen molar-refractivity contribution in [3.8, 4) is 5.75 Å². The zero-order valence-corrected chi connectivity index (χ0v) is 16.4. The SMILES string of the molecule is Cc1ccc(OCC(=O)N2CCN(c3ccnc(N4CCCC4)n3)CC2)cc1. The summed E-state index contributed by atoms with van der Waals surface area (Å²) in [4.78, 5) is 28.0. The summed E-state index contributed by atoms with van der Waals surface area (Å²) in [6.07, 6.45) is 4.25. The Kier molecular flexibility index (Phi) is 5.60. The molecule has 0 bridgehead atoms. The zero-order valence-electron chi connectivity index (χ0n) is 16.4. The Morgan fingerprint density at radius 1 is 0.964 bits per heavy atom. The number of anilines is 2. The van der Waals surface area contributed by atoms with Crippen LogP contribution in [0.2, 0.25) is 0 Å². The Balaban J connectivity index is 1.28. The molecule has 2 aromatic rings. The summed E-state index contributed by atoms with van der Waals surface area (Å²) >= 11 is 0. The van der Waals surface area contributed by atoms with Crippen LogP contribution in [-0.4, -0.2) is 66.7 Å². The molecule has 4 rings (SSSR count). The topological polar surface area (TPSA) is 61.8 Å². The monoisotopic (exact) mass is 381 g/mol. The first-order chi connectivity index (χ1) is 13.7. The number of aryl methyl sites for hydroxylation is 1. The molecule has 7 nitrogen and oxygen atoms in total. The quantitative estimate of drug-likeness (QED) is 0.791. The van der Waals surface area contributed by atoms with Crippen molar-refractivity contribution in [2.45, 2.75) is 19.8 Å². The minimum Gasteiger partial charge on any atom is -0.484 e. The maximum Gasteiger partial charge on any atom is 0.260 e. The number of aromatic nitrogens is 2. The molecule has 28 heavy (non-hydrogen) atoms. The third-order valence-electron chi connectivity index (χ3n) is 5.36. The summed E-state index contributed by atoms with van der Waals surface area (Å²) < 4.78 is 5.63. The highest BCUT2D eigenvalue weighted by Gasteiger charge is 2.23. The lowest BCUT2D eigenvalue weighted by molar-refractivity contribution is -0.133. The number of ether oxygens (including phenoxy) is 1. The number of carbonyl (C=O) groups excluding carboxylic acids is 1. The molecular formula is C21H27N5O2. The van der Waals surface area contributed by atoms with Gasteiger partial charge in [-0.2, -0.15) is 4.98 Å². The van der Waals surface area contributed by atoms with Crippen LogP contribution < -0.4 is 14.5 Å². The van der Waals surface area contributed by atoms with E-state index >= 15 is 0 Å². The zero-order chi connectivity index (χ0) is 19.3. The molecule has 0 spiro atoms. The normalized spacial score (nSPS) is 17.1. The van der Waals surface area contributed by atoms with Gasteiger partial charge in [-0.1, -0.05) is 17.7 Å². The molecule has 0 saturated carbocycles. The van der Waals surface area contributed by atoms with Gasteiger partial charge in [0.05, 0.1) is 0 Å². The van der Waals surface area contributed by atoms with Crippen molar-refractivity contribution in [3.63, 3.8) is 0 Å². The van der Waals surface area contributed by atoms with E-state index in [9.17, 15) is 4.79 Å². The second kappa shape index (κ2) is 8.46. The van der Waals surface area contributed by atoms with E-state index in [0.29, 0.717) is 13.1 Å². The van der Waals surface area contributed by atoms with Crippen LogP contribution in [0.5, 0.6) is 5.75 Å². The van der Waals surface area contributed by atoms with Crippen LogP contribution in [0.3, 0.4) is 0 Å². The van der Waals surface area contributed by atoms with Crippen LogP contribution in [0, 0.1) is 6.92 Å². The number of nitrogens with zero attached hydrogens (tertiary/aromatic N) is 5. The first-order valence-electron chi connectivity index (χ1n) is 9.99. The van der Waals surface area contributed by atoms with Crippen LogP contribution in [-0.2, 0) is 4.79 Å². The van der Waals surface area contributed by atoms with E-state index in [0.717, 1.165) is 43.7 Å². The summed E-state index contributed by atoms with van der Waals surface area (Å²) in [7, 11) is 0. The van der Waals surface area contributed by atoms with E-state index in [1.54, 1.807) is 0 Å². The number of amides is 1. The van der Waals surface area contributed by atoms with Crippen molar-refractivity contribution in [2.75, 3.05) is 55.7 Å². The van der Waals surface area contributed by atoms with Gasteiger partial charge in [0.25, 0.3) is 5.91 Å². The Bertz CT molecular complexity index is 797. The first-order valence-corrected chi connectivity index (χ1v) is 9.99. The summed E-state index contributed by atoms with van der Waals surface area (Å²) in [5.74, 6) is 2.52. The van der Waals surface area contributed by atoms with Crippen molar-refractivity contribution >= 4 is 17.7 Å². The number of rotatable bonds is 5. The minimum absolute atomic E-state index is 0.0284. The molecule has 2 aliphatic rings. The molecule has 2 aliphatic heterocycles. The third kappa shape index (κ3) is 4.35. The fraction of sp³-hybridized carbons (Fsp3) is 0.476. The Morgan fingerprint density at radius 3 is 2.39 bits per heavy atom. The predicted molar refractivity (Wildman–Crippen MR) is 109 cm³/mol. The van der Waals surface area contributed by atoms with E-state index in [1.165, 1.54) is 18.4 Å². The molecule has 1 aromatic carbocycles. The molecule has 0 unspecified atom stereocenters. The van der Waals surface area contributed by atoms with Crippen LogP contribution in [0.25, 0.3) is 0 Å². The molecule has 1 amide bonds. The average Bonchev–Trinajstić information content (AvgIpc) is 3.28. The molecule has 0 atom stereocenters. The maximum atomic E-state index is 12.5. The van der Waals surface area contributed by atoms with Crippen LogP contribution in [0.4, 0.5) is 11.8 Å². The summed E-state index contributed by atoms with van der Waals surface area (Å²) in [5, 5.41) is 0. The molecule has 3 heterocycles. The van der Waals surface area contributed by atoms with Gasteiger partial charge in [-0.15, -0.1) is 0 Å². The number of benzene rings is 1. The number of carbonyl (C=O) groups is 1. The van der Waals surface area contributed by atoms with Gasteiger partial charge < -0.3 is 19.4 Å². The van der Waals surface area contributed by atoms with E-state index < -0.39 is 0 Å². The van der Waals surface area contributed by atoms with Gasteiger partial charge in [-0.05, 0) is 38.0 Å². The standard InChI is InChI=1S/C21H27N5O2/c1-17-4-6-18(7-5-17)28-16-20(27)25-14-12-24(13-15-25)19-8-9-22-21(23-19)26-10-2-3-11-26/h4-9H,2-3,10-16H2,1H3. The van der Waals surface area contributed by atoms with Gasteiger partial charge in [-0.3, -0.25) is 4.79 Å². The average molecular weight is 381 g/mol. The van der Waals surface area contributed by atoms with Crippen molar-refractivity contribution < 1.29 is 9.53 Å². The minimum atomic E-state index is 0.0284. The lowest BCUT2D eigenvalue weighted by Crippen LogP contribution is -2.50. The van der Waals surface area contributed by atoms with Gasteiger partial charge in [0.15, 0.2) is 6.61 Å². The Hall–Kier alpha value is -2.83. The fourth-order valence-corrected chi connectivity index (χ4v) is 3.64. The molecule has 0 aliphatic carbocycles. The Morgan fingerprint density at radius 2 is 1.68 bits per heavy atom. The van der Waals surface area contributed by atoms with Crippen LogP contribution in [0.1, 0.15) is 18.4 Å². The second-order valence-electron chi connectivity index (χ2n) is 7.38. The van der Waals surface area contributed by atoms with Crippen LogP contribution in [0.15, 0.2) is 36.5 Å². The molecule has 2 fully saturated rings. The highest BCUT2D eigenvalue weighted by Crippen LogP contribution is 2.20. The molecule has 148 valence electrons. The first kappa shape index (κ1) is 18.5. The summed E-state index contributed by atoms with van der Waals surface area (Å²) in [5.41, 5.74) is 1.17. The van der Waals surface area contributed by atoms with Crippen molar-refractivity contribution in [2.24, 2.45) is 0 Å². The van der Waals surface area contributed by atoms with Crippen LogP contribution >= 0.6 is 0 Å². The molecular weight excluding hydrogens is 354 g/mol. The molecule has 1 aromatic heterocycles. The summed E-state index contributed by atoms with van der Waals surface area (Å²) in [6.45, 7) is 7.08. The lowest BCUT2D eigenvalue weighted by atomic mass is 10.2. The summed E-state index contributed by atoms with van der Waals surface area (Å²) in [6, 6.07) is 9.71. The van der Waals surface area contributed by atoms with E-state index in [2.05, 4.69) is 14.8 Å². The van der Waals surface area contributed by atoms with E-state index in [1.807, 2.05) is 48.4 Å². The van der Waals surface area contributed by atoms with E-state index in [-0.39, 0.29) is 12.5 Å². The fourth-order valence-electron chi connectivity index (χ4n) is 3.64. The van der Waals surface area contributed by atoms with Gasteiger partial charge in [0.1, 0.15) is 11.6 Å². The second-order valence-corrected chi connectivity index (χ2v) is 7.38. The van der Waals surface area contributed by atoms with Gasteiger partial charge in [0, 0.05) is 45.5 Å². The Labute approximate surface area is 165 Å². The largest absolute Gasteiger partial charge is 0.484 e. The highest BCUT2D eigenvalue weighted by atomic mass is 16.5. The maximum absolute atomic E-state index is 12.5. The van der Waals surface area contributed by atoms with E-state index in [4.69, 9.17) is 9.72 Å². The van der Waals surface area contributed by atoms with Crippen molar-refractivity contribution in [3.05, 3.63) is 42.1 Å². The highest BCUT2D eigenvalue weighted by molar-refractivity contribution is 5.78. The van der Waals surface area contributed by atoms with Gasteiger partial charge >= 0.3 is 0 Å². The molecule has 0 N–H and O–H groups in total. The molecule has 0 radical (unpaired) electrons. The third-order valence-corrected chi connectivity index (χ3v) is 5.36. The van der Waals surface area contributed by atoms with Crippen molar-refractivity contribution in [1.82, 2.24) is 14.9 Å². The van der Waals surface area contributed by atoms with Gasteiger partial charge in [-0.25, -0.2) is 4.98 Å². The predicted octanol–water partition coefficient (Wildman–Crippen LogP) is 2.11. The smallest absolute Gasteiger partial charge is 0.260 e. The number of hydrogen-bond donors (Lipinski definition) is 0. The van der Waals surface area contributed by atoms with Gasteiger partial charge in [0.2, 0.25) is 5.95 Å². The number of hydrogen-bond acceptors (Lipinski definition) is 6. The molecule has 2 saturated heterocycles. The molecule has 7 heteroatoms.